The number of benzene rings is 1. The Hall–Kier alpha value is -0.360. The third-order valence-electron chi connectivity index (χ3n) is 2.41. The molecule has 0 fully saturated rings. The first-order valence-corrected chi connectivity index (χ1v) is 7.81. The van der Waals surface area contributed by atoms with Gasteiger partial charge >= 0.3 is 0 Å². The number of rotatable bonds is 3. The molecule has 0 spiro atoms. The van der Waals surface area contributed by atoms with Crippen LogP contribution in [0.1, 0.15) is 18.5 Å². The fraction of sp³-hybridized carbons (Fsp3) is 0.154. The third kappa shape index (κ3) is 3.35. The first kappa shape index (κ1) is 14.1. The van der Waals surface area contributed by atoms with E-state index in [1.807, 2.05) is 19.1 Å². The van der Waals surface area contributed by atoms with Gasteiger partial charge in [-0.1, -0.05) is 17.8 Å². The molecule has 0 aliphatic rings. The van der Waals surface area contributed by atoms with Crippen molar-refractivity contribution in [2.75, 3.05) is 0 Å². The molecule has 2 aromatic rings. The Kier molecular flexibility index (Phi) is 4.84. The summed E-state index contributed by atoms with van der Waals surface area (Å²) in [6.07, 6.45) is 1.79. The lowest BCUT2D eigenvalue weighted by atomic mass is 10.1. The van der Waals surface area contributed by atoms with Crippen molar-refractivity contribution in [3.63, 3.8) is 0 Å². The van der Waals surface area contributed by atoms with E-state index in [0.717, 1.165) is 24.4 Å². The molecule has 1 atom stereocenters. The van der Waals surface area contributed by atoms with Gasteiger partial charge in [0.2, 0.25) is 0 Å². The highest BCUT2D eigenvalue weighted by Crippen LogP contribution is 2.36. The molecule has 2 rings (SSSR count). The summed E-state index contributed by atoms with van der Waals surface area (Å²) in [7, 11) is 0. The maximum atomic E-state index is 5.86. The average Bonchev–Trinajstić information content (AvgIpc) is 2.34. The Balaban J connectivity index is 2.28. The molecule has 1 aromatic carbocycles. The molecule has 0 amide bonds. The number of aromatic nitrogens is 1. The molecule has 2 N–H and O–H groups in total. The Morgan fingerprint density at radius 3 is 2.61 bits per heavy atom. The van der Waals surface area contributed by atoms with Gasteiger partial charge in [0.25, 0.3) is 0 Å². The predicted octanol–water partition coefficient (Wildman–Crippen LogP) is 4.78. The SMILES string of the molecule is C[C@H](N)c1ccc(Sc2ncccc2Br)c(Br)c1. The first-order valence-electron chi connectivity index (χ1n) is 5.41. The number of nitrogens with two attached hydrogens (primary N) is 1. The van der Waals surface area contributed by atoms with Crippen LogP contribution in [0.5, 0.6) is 0 Å². The molecular weight excluding hydrogens is 376 g/mol. The Labute approximate surface area is 128 Å². The second-order valence-electron chi connectivity index (χ2n) is 3.87. The van der Waals surface area contributed by atoms with Gasteiger partial charge in [0.05, 0.1) is 4.47 Å². The molecule has 18 heavy (non-hydrogen) atoms. The lowest BCUT2D eigenvalue weighted by molar-refractivity contribution is 0.815. The van der Waals surface area contributed by atoms with E-state index in [-0.39, 0.29) is 6.04 Å². The van der Waals surface area contributed by atoms with Gasteiger partial charge < -0.3 is 5.73 Å². The van der Waals surface area contributed by atoms with Crippen LogP contribution < -0.4 is 5.73 Å². The fourth-order valence-corrected chi connectivity index (χ4v) is 3.35. The van der Waals surface area contributed by atoms with E-state index >= 15 is 0 Å². The molecule has 1 aromatic heterocycles. The zero-order valence-corrected chi connectivity index (χ0v) is 13.7. The molecule has 0 saturated heterocycles. The van der Waals surface area contributed by atoms with Crippen molar-refractivity contribution in [3.05, 3.63) is 51.0 Å². The van der Waals surface area contributed by atoms with Gasteiger partial charge in [-0.3, -0.25) is 0 Å². The van der Waals surface area contributed by atoms with E-state index in [9.17, 15) is 0 Å². The molecule has 0 aliphatic heterocycles. The highest BCUT2D eigenvalue weighted by Gasteiger charge is 2.08. The topological polar surface area (TPSA) is 38.9 Å². The summed E-state index contributed by atoms with van der Waals surface area (Å²) in [6, 6.07) is 10.1. The molecule has 0 saturated carbocycles. The van der Waals surface area contributed by atoms with Gasteiger partial charge in [-0.05, 0) is 68.6 Å². The lowest BCUT2D eigenvalue weighted by Gasteiger charge is -2.09. The zero-order chi connectivity index (χ0) is 13.1. The molecule has 0 bridgehead atoms. The van der Waals surface area contributed by atoms with Crippen LogP contribution in [-0.4, -0.2) is 4.98 Å². The van der Waals surface area contributed by atoms with Crippen molar-refractivity contribution in [2.45, 2.75) is 22.9 Å². The van der Waals surface area contributed by atoms with E-state index in [2.05, 4.69) is 55.0 Å². The first-order chi connectivity index (χ1) is 8.58. The highest BCUT2D eigenvalue weighted by atomic mass is 79.9. The highest BCUT2D eigenvalue weighted by molar-refractivity contribution is 9.11. The van der Waals surface area contributed by atoms with Crippen molar-refractivity contribution >= 4 is 43.6 Å². The summed E-state index contributed by atoms with van der Waals surface area (Å²) in [5.74, 6) is 0. The minimum Gasteiger partial charge on any atom is -0.324 e. The quantitative estimate of drug-likeness (QED) is 0.823. The van der Waals surface area contributed by atoms with E-state index in [1.165, 1.54) is 0 Å². The third-order valence-corrected chi connectivity index (χ3v) is 5.33. The Bertz CT molecular complexity index is 558. The van der Waals surface area contributed by atoms with Gasteiger partial charge in [-0.15, -0.1) is 0 Å². The predicted molar refractivity (Wildman–Crippen MR) is 82.8 cm³/mol. The van der Waals surface area contributed by atoms with Crippen LogP contribution in [-0.2, 0) is 0 Å². The largest absolute Gasteiger partial charge is 0.324 e. The van der Waals surface area contributed by atoms with E-state index in [0.29, 0.717) is 0 Å². The maximum absolute atomic E-state index is 5.86. The van der Waals surface area contributed by atoms with Gasteiger partial charge in [0.15, 0.2) is 0 Å². The van der Waals surface area contributed by atoms with Crippen LogP contribution in [0.25, 0.3) is 0 Å². The molecule has 0 radical (unpaired) electrons. The smallest absolute Gasteiger partial charge is 0.115 e. The molecule has 5 heteroatoms. The summed E-state index contributed by atoms with van der Waals surface area (Å²) in [5.41, 5.74) is 6.98. The number of halogens is 2. The number of hydrogen-bond donors (Lipinski definition) is 1. The number of pyridine rings is 1. The Morgan fingerprint density at radius 1 is 1.22 bits per heavy atom. The van der Waals surface area contributed by atoms with Crippen molar-refractivity contribution in [3.8, 4) is 0 Å². The summed E-state index contributed by atoms with van der Waals surface area (Å²) in [4.78, 5) is 5.47. The van der Waals surface area contributed by atoms with Crippen LogP contribution in [0, 0.1) is 0 Å². The fourth-order valence-electron chi connectivity index (χ4n) is 1.43. The molecule has 1 heterocycles. The molecule has 94 valence electrons. The summed E-state index contributed by atoms with van der Waals surface area (Å²) in [6.45, 7) is 1.98. The number of nitrogens with zero attached hydrogens (tertiary/aromatic N) is 1. The average molecular weight is 388 g/mol. The lowest BCUT2D eigenvalue weighted by Crippen LogP contribution is -2.04. The van der Waals surface area contributed by atoms with Crippen LogP contribution >= 0.6 is 43.6 Å². The van der Waals surface area contributed by atoms with Crippen molar-refractivity contribution in [1.29, 1.82) is 0 Å². The summed E-state index contributed by atoms with van der Waals surface area (Å²) in [5, 5.41) is 0.951. The summed E-state index contributed by atoms with van der Waals surface area (Å²) >= 11 is 8.69. The monoisotopic (exact) mass is 386 g/mol. The van der Waals surface area contributed by atoms with Crippen LogP contribution in [0.3, 0.4) is 0 Å². The van der Waals surface area contributed by atoms with Gasteiger partial charge in [0, 0.05) is 21.6 Å². The number of hydrogen-bond acceptors (Lipinski definition) is 3. The Morgan fingerprint density at radius 2 is 2.00 bits per heavy atom. The summed E-state index contributed by atoms with van der Waals surface area (Å²) < 4.78 is 2.04. The van der Waals surface area contributed by atoms with Crippen LogP contribution in [0.2, 0.25) is 0 Å². The minimum absolute atomic E-state index is 0.0435. The van der Waals surface area contributed by atoms with Gasteiger partial charge in [0.1, 0.15) is 5.03 Å². The van der Waals surface area contributed by atoms with E-state index in [4.69, 9.17) is 5.73 Å². The van der Waals surface area contributed by atoms with E-state index in [1.54, 1.807) is 18.0 Å². The van der Waals surface area contributed by atoms with E-state index < -0.39 is 0 Å². The second kappa shape index (κ2) is 6.19. The second-order valence-corrected chi connectivity index (χ2v) is 6.61. The van der Waals surface area contributed by atoms with Crippen molar-refractivity contribution in [1.82, 2.24) is 4.98 Å². The molecular formula is C13H12Br2N2S. The van der Waals surface area contributed by atoms with Crippen molar-refractivity contribution < 1.29 is 0 Å². The zero-order valence-electron chi connectivity index (χ0n) is 9.73. The van der Waals surface area contributed by atoms with Crippen molar-refractivity contribution in [2.24, 2.45) is 5.73 Å². The maximum Gasteiger partial charge on any atom is 0.115 e. The standard InChI is InChI=1S/C13H12Br2N2S/c1-8(16)9-4-5-12(11(15)7-9)18-13-10(14)3-2-6-17-13/h2-8H,16H2,1H3/t8-/m0/s1. The van der Waals surface area contributed by atoms with Gasteiger partial charge in [-0.25, -0.2) is 4.98 Å². The molecule has 2 nitrogen and oxygen atoms in total. The minimum atomic E-state index is 0.0435. The molecule has 0 aliphatic carbocycles. The van der Waals surface area contributed by atoms with Crippen LogP contribution in [0.4, 0.5) is 0 Å². The van der Waals surface area contributed by atoms with Gasteiger partial charge in [-0.2, -0.15) is 0 Å². The normalized spacial score (nSPS) is 12.4. The molecule has 0 unspecified atom stereocenters. The van der Waals surface area contributed by atoms with Crippen LogP contribution in [0.15, 0.2) is 55.4 Å².